The number of hydrogen-bond donors (Lipinski definition) is 1. The molecule has 6 heteroatoms. The molecular weight excluding hydrogens is 284 g/mol. The van der Waals surface area contributed by atoms with Crippen molar-refractivity contribution >= 4 is 22.8 Å². The van der Waals surface area contributed by atoms with E-state index in [0.29, 0.717) is 23.3 Å². The van der Waals surface area contributed by atoms with E-state index in [4.69, 9.17) is 18.6 Å². The molecule has 0 aliphatic carbocycles. The fourth-order valence-corrected chi connectivity index (χ4v) is 2.20. The topological polar surface area (TPSA) is 65.8 Å². The lowest BCUT2D eigenvalue weighted by atomic mass is 10.2. The Bertz CT molecular complexity index is 740. The van der Waals surface area contributed by atoms with E-state index >= 15 is 0 Å². The van der Waals surface area contributed by atoms with Crippen molar-refractivity contribution in [2.24, 2.45) is 0 Å². The molecule has 0 bridgehead atoms. The third-order valence-corrected chi connectivity index (χ3v) is 3.21. The number of aromatic nitrogens is 1. The normalized spacial score (nSPS) is 10.5. The van der Waals surface area contributed by atoms with Crippen molar-refractivity contribution in [3.05, 3.63) is 36.4 Å². The molecule has 0 unspecified atom stereocenters. The minimum Gasteiger partial charge on any atom is -0.493 e. The Morgan fingerprint density at radius 2 is 1.64 bits per heavy atom. The van der Waals surface area contributed by atoms with E-state index < -0.39 is 0 Å². The molecule has 0 amide bonds. The van der Waals surface area contributed by atoms with Gasteiger partial charge in [-0.15, -0.1) is 0 Å². The van der Waals surface area contributed by atoms with Crippen LogP contribution in [0.25, 0.3) is 11.1 Å². The first kappa shape index (κ1) is 14.1. The van der Waals surface area contributed by atoms with Crippen LogP contribution < -0.4 is 19.5 Å². The SMILES string of the molecule is COc1cc(Nc2nc3ccccc3o2)cc(OC)c1OC. The van der Waals surface area contributed by atoms with Gasteiger partial charge in [0.05, 0.1) is 21.3 Å². The Labute approximate surface area is 127 Å². The standard InChI is InChI=1S/C16H16N2O4/c1-19-13-8-10(9-14(20-2)15(13)21-3)17-16-18-11-6-4-5-7-12(11)22-16/h4-9H,1-3H3,(H,17,18). The van der Waals surface area contributed by atoms with Crippen molar-refractivity contribution in [1.82, 2.24) is 4.98 Å². The van der Waals surface area contributed by atoms with E-state index in [1.165, 1.54) is 0 Å². The van der Waals surface area contributed by atoms with Gasteiger partial charge in [-0.1, -0.05) is 12.1 Å². The van der Waals surface area contributed by atoms with Crippen molar-refractivity contribution in [2.75, 3.05) is 26.6 Å². The van der Waals surface area contributed by atoms with E-state index in [2.05, 4.69) is 10.3 Å². The molecule has 6 nitrogen and oxygen atoms in total. The van der Waals surface area contributed by atoms with Gasteiger partial charge in [0.2, 0.25) is 5.75 Å². The molecule has 114 valence electrons. The van der Waals surface area contributed by atoms with E-state index in [9.17, 15) is 0 Å². The number of ether oxygens (including phenoxy) is 3. The third-order valence-electron chi connectivity index (χ3n) is 3.21. The minimum atomic E-state index is 0.399. The predicted octanol–water partition coefficient (Wildman–Crippen LogP) is 3.60. The summed E-state index contributed by atoms with van der Waals surface area (Å²) in [6.45, 7) is 0. The highest BCUT2D eigenvalue weighted by Crippen LogP contribution is 2.40. The van der Waals surface area contributed by atoms with Gasteiger partial charge in [-0.2, -0.15) is 4.98 Å². The van der Waals surface area contributed by atoms with Crippen molar-refractivity contribution in [1.29, 1.82) is 0 Å². The van der Waals surface area contributed by atoms with E-state index in [1.807, 2.05) is 24.3 Å². The highest BCUT2D eigenvalue weighted by atomic mass is 16.5. The second-order valence-electron chi connectivity index (χ2n) is 4.53. The lowest BCUT2D eigenvalue weighted by Gasteiger charge is -2.13. The summed E-state index contributed by atoms with van der Waals surface area (Å²) in [6, 6.07) is 11.5. The van der Waals surface area contributed by atoms with Gasteiger partial charge < -0.3 is 23.9 Å². The third kappa shape index (κ3) is 2.50. The number of rotatable bonds is 5. The van der Waals surface area contributed by atoms with Crippen LogP contribution in [0.4, 0.5) is 11.7 Å². The van der Waals surface area contributed by atoms with Crippen molar-refractivity contribution in [3.63, 3.8) is 0 Å². The maximum absolute atomic E-state index is 5.64. The second kappa shape index (κ2) is 5.85. The highest BCUT2D eigenvalue weighted by molar-refractivity contribution is 5.75. The minimum absolute atomic E-state index is 0.399. The first-order valence-corrected chi connectivity index (χ1v) is 6.67. The zero-order valence-corrected chi connectivity index (χ0v) is 12.5. The van der Waals surface area contributed by atoms with Crippen LogP contribution in [-0.4, -0.2) is 26.3 Å². The summed E-state index contributed by atoms with van der Waals surface area (Å²) < 4.78 is 21.6. The summed E-state index contributed by atoms with van der Waals surface area (Å²) in [5.41, 5.74) is 2.23. The molecule has 0 atom stereocenters. The molecular formula is C16H16N2O4. The van der Waals surface area contributed by atoms with Crippen LogP contribution in [0.3, 0.4) is 0 Å². The molecule has 0 aliphatic heterocycles. The molecule has 22 heavy (non-hydrogen) atoms. The summed E-state index contributed by atoms with van der Waals surface area (Å²) in [6.07, 6.45) is 0. The molecule has 0 saturated heterocycles. The van der Waals surface area contributed by atoms with Gasteiger partial charge in [-0.05, 0) is 12.1 Å². The number of fused-ring (bicyclic) bond motifs is 1. The van der Waals surface area contributed by atoms with Gasteiger partial charge in [-0.3, -0.25) is 0 Å². The van der Waals surface area contributed by atoms with Crippen LogP contribution in [0.15, 0.2) is 40.8 Å². The average molecular weight is 300 g/mol. The van der Waals surface area contributed by atoms with Crippen LogP contribution in [0.1, 0.15) is 0 Å². The van der Waals surface area contributed by atoms with Gasteiger partial charge in [0, 0.05) is 17.8 Å². The number of anilines is 2. The molecule has 3 rings (SSSR count). The predicted molar refractivity (Wildman–Crippen MR) is 83.4 cm³/mol. The molecule has 0 fully saturated rings. The first-order valence-electron chi connectivity index (χ1n) is 6.67. The van der Waals surface area contributed by atoms with Crippen molar-refractivity contribution in [2.45, 2.75) is 0 Å². The van der Waals surface area contributed by atoms with Gasteiger partial charge in [0.1, 0.15) is 5.52 Å². The van der Waals surface area contributed by atoms with Crippen LogP contribution in [0.5, 0.6) is 17.2 Å². The fraction of sp³-hybridized carbons (Fsp3) is 0.188. The fourth-order valence-electron chi connectivity index (χ4n) is 2.20. The molecule has 3 aromatic rings. The van der Waals surface area contributed by atoms with Crippen LogP contribution in [0, 0.1) is 0 Å². The van der Waals surface area contributed by atoms with E-state index in [-0.39, 0.29) is 0 Å². The molecule has 1 aromatic heterocycles. The Kier molecular flexibility index (Phi) is 3.74. The summed E-state index contributed by atoms with van der Waals surface area (Å²) in [7, 11) is 4.70. The number of oxazole rings is 1. The molecule has 0 saturated carbocycles. The lowest BCUT2D eigenvalue weighted by molar-refractivity contribution is 0.324. The summed E-state index contributed by atoms with van der Waals surface area (Å²) in [5.74, 6) is 1.65. The largest absolute Gasteiger partial charge is 0.493 e. The Morgan fingerprint density at radius 3 is 2.23 bits per heavy atom. The molecule has 0 aliphatic rings. The van der Waals surface area contributed by atoms with Gasteiger partial charge in [0.15, 0.2) is 17.1 Å². The van der Waals surface area contributed by atoms with Gasteiger partial charge >= 0.3 is 0 Å². The number of nitrogens with one attached hydrogen (secondary N) is 1. The number of benzene rings is 2. The van der Waals surface area contributed by atoms with Crippen molar-refractivity contribution in [3.8, 4) is 17.2 Å². The van der Waals surface area contributed by atoms with E-state index in [0.717, 1.165) is 16.8 Å². The van der Waals surface area contributed by atoms with Crippen LogP contribution in [0.2, 0.25) is 0 Å². The molecule has 1 N–H and O–H groups in total. The van der Waals surface area contributed by atoms with Gasteiger partial charge in [0.25, 0.3) is 6.01 Å². The molecule has 0 radical (unpaired) electrons. The van der Waals surface area contributed by atoms with Gasteiger partial charge in [-0.25, -0.2) is 0 Å². The zero-order valence-electron chi connectivity index (χ0n) is 12.5. The summed E-state index contributed by atoms with van der Waals surface area (Å²) in [5, 5.41) is 3.10. The van der Waals surface area contributed by atoms with Crippen molar-refractivity contribution < 1.29 is 18.6 Å². The molecule has 2 aromatic carbocycles. The average Bonchev–Trinajstić information content (AvgIpc) is 2.95. The Hall–Kier alpha value is -2.89. The van der Waals surface area contributed by atoms with Crippen LogP contribution >= 0.6 is 0 Å². The second-order valence-corrected chi connectivity index (χ2v) is 4.53. The first-order chi connectivity index (χ1) is 10.7. The number of para-hydroxylation sites is 2. The number of nitrogens with zero attached hydrogens (tertiary/aromatic N) is 1. The number of hydrogen-bond acceptors (Lipinski definition) is 6. The zero-order chi connectivity index (χ0) is 15.5. The monoisotopic (exact) mass is 300 g/mol. The quantitative estimate of drug-likeness (QED) is 0.776. The Balaban J connectivity index is 1.97. The lowest BCUT2D eigenvalue weighted by Crippen LogP contribution is -1.97. The molecule has 0 spiro atoms. The highest BCUT2D eigenvalue weighted by Gasteiger charge is 2.14. The Morgan fingerprint density at radius 1 is 0.955 bits per heavy atom. The van der Waals surface area contributed by atoms with E-state index in [1.54, 1.807) is 33.5 Å². The maximum Gasteiger partial charge on any atom is 0.300 e. The summed E-state index contributed by atoms with van der Waals surface area (Å²) in [4.78, 5) is 4.37. The molecule has 1 heterocycles. The number of methoxy groups -OCH3 is 3. The van der Waals surface area contributed by atoms with Crippen LogP contribution in [-0.2, 0) is 0 Å². The smallest absolute Gasteiger partial charge is 0.300 e. The maximum atomic E-state index is 5.64. The summed E-state index contributed by atoms with van der Waals surface area (Å²) >= 11 is 0.